The molecule has 1 aliphatic rings. The third-order valence-electron chi connectivity index (χ3n) is 5.52. The summed E-state index contributed by atoms with van der Waals surface area (Å²) in [6.07, 6.45) is 1.31. The third kappa shape index (κ3) is 6.52. The molecule has 3 rings (SSSR count). The standard InChI is InChI=1S/C25H29F2NO4/c1-17(2)32-24(29)15-22(19-12-20(26)14-21(27)13-19)23-10-6-7-11-28(23)25(30)31-16-18-8-4-3-5-9-18/h3-5,8-9,12-14,17,22-23H,6-7,10-11,15-16H2,1-2H3. The minimum absolute atomic E-state index is 0.0891. The topological polar surface area (TPSA) is 55.8 Å². The predicted molar refractivity (Wildman–Crippen MR) is 116 cm³/mol. The summed E-state index contributed by atoms with van der Waals surface area (Å²) in [5.41, 5.74) is 1.19. The molecule has 1 amide bonds. The lowest BCUT2D eigenvalue weighted by Gasteiger charge is -2.39. The Labute approximate surface area is 187 Å². The normalized spacial score (nSPS) is 17.2. The number of hydrogen-bond acceptors (Lipinski definition) is 4. The van der Waals surface area contributed by atoms with Gasteiger partial charge in [-0.3, -0.25) is 4.79 Å². The highest BCUT2D eigenvalue weighted by molar-refractivity contribution is 5.72. The molecule has 0 N–H and O–H groups in total. The summed E-state index contributed by atoms with van der Waals surface area (Å²) in [7, 11) is 0. The second-order valence-corrected chi connectivity index (χ2v) is 8.35. The number of hydrogen-bond donors (Lipinski definition) is 0. The molecule has 2 unspecified atom stereocenters. The first-order valence-corrected chi connectivity index (χ1v) is 11.0. The number of halogens is 2. The van der Waals surface area contributed by atoms with Crippen molar-refractivity contribution in [3.05, 3.63) is 71.3 Å². The van der Waals surface area contributed by atoms with Crippen LogP contribution in [0, 0.1) is 11.6 Å². The van der Waals surface area contributed by atoms with Gasteiger partial charge in [-0.1, -0.05) is 30.3 Å². The zero-order chi connectivity index (χ0) is 23.1. The Morgan fingerprint density at radius 3 is 2.41 bits per heavy atom. The monoisotopic (exact) mass is 445 g/mol. The minimum Gasteiger partial charge on any atom is -0.463 e. The van der Waals surface area contributed by atoms with E-state index in [0.717, 1.165) is 24.5 Å². The van der Waals surface area contributed by atoms with Crippen molar-refractivity contribution in [1.29, 1.82) is 0 Å². The molecular formula is C25H29F2NO4. The van der Waals surface area contributed by atoms with Crippen molar-refractivity contribution in [1.82, 2.24) is 4.90 Å². The van der Waals surface area contributed by atoms with Crippen LogP contribution in [-0.2, 0) is 20.9 Å². The smallest absolute Gasteiger partial charge is 0.410 e. The number of likely N-dealkylation sites (tertiary alicyclic amines) is 1. The predicted octanol–water partition coefficient (Wildman–Crippen LogP) is 5.58. The average molecular weight is 446 g/mol. The van der Waals surface area contributed by atoms with E-state index >= 15 is 0 Å². The van der Waals surface area contributed by atoms with Crippen LogP contribution >= 0.6 is 0 Å². The van der Waals surface area contributed by atoms with Crippen LogP contribution in [0.3, 0.4) is 0 Å². The SMILES string of the molecule is CC(C)OC(=O)CC(c1cc(F)cc(F)c1)C1CCCCN1C(=O)OCc1ccccc1. The summed E-state index contributed by atoms with van der Waals surface area (Å²) >= 11 is 0. The fourth-order valence-corrected chi connectivity index (χ4v) is 4.16. The largest absolute Gasteiger partial charge is 0.463 e. The van der Waals surface area contributed by atoms with E-state index in [4.69, 9.17) is 9.47 Å². The summed E-state index contributed by atoms with van der Waals surface area (Å²) in [4.78, 5) is 27.0. The molecule has 172 valence electrons. The van der Waals surface area contributed by atoms with Gasteiger partial charge in [0.05, 0.1) is 12.5 Å². The van der Waals surface area contributed by atoms with E-state index in [9.17, 15) is 18.4 Å². The molecule has 0 bridgehead atoms. The molecule has 1 aliphatic heterocycles. The molecule has 0 aromatic heterocycles. The first-order valence-electron chi connectivity index (χ1n) is 11.0. The Hall–Kier alpha value is -2.96. The van der Waals surface area contributed by atoms with E-state index in [1.165, 1.54) is 12.1 Å². The van der Waals surface area contributed by atoms with Gasteiger partial charge >= 0.3 is 12.1 Å². The maximum Gasteiger partial charge on any atom is 0.410 e. The number of amides is 1. The molecule has 0 radical (unpaired) electrons. The molecule has 5 nitrogen and oxygen atoms in total. The average Bonchev–Trinajstić information content (AvgIpc) is 2.75. The number of ether oxygens (including phenoxy) is 2. The van der Waals surface area contributed by atoms with E-state index in [-0.39, 0.29) is 19.1 Å². The summed E-state index contributed by atoms with van der Waals surface area (Å²) < 4.78 is 38.8. The van der Waals surface area contributed by atoms with Crippen LogP contribution in [0.4, 0.5) is 13.6 Å². The van der Waals surface area contributed by atoms with Crippen molar-refractivity contribution < 1.29 is 27.8 Å². The number of rotatable bonds is 7. The van der Waals surface area contributed by atoms with Gasteiger partial charge in [0.25, 0.3) is 0 Å². The van der Waals surface area contributed by atoms with Crippen molar-refractivity contribution >= 4 is 12.1 Å². The maximum absolute atomic E-state index is 14.0. The van der Waals surface area contributed by atoms with Gasteiger partial charge in [-0.15, -0.1) is 0 Å². The Morgan fingerprint density at radius 2 is 1.75 bits per heavy atom. The first-order chi connectivity index (χ1) is 15.3. The summed E-state index contributed by atoms with van der Waals surface area (Å²) in [6.45, 7) is 4.05. The second-order valence-electron chi connectivity index (χ2n) is 8.35. The zero-order valence-electron chi connectivity index (χ0n) is 18.4. The molecule has 1 fully saturated rings. The van der Waals surface area contributed by atoms with Gasteiger partial charge in [0.2, 0.25) is 0 Å². The highest BCUT2D eigenvalue weighted by Crippen LogP contribution is 2.35. The molecule has 2 atom stereocenters. The van der Waals surface area contributed by atoms with E-state index in [2.05, 4.69) is 0 Å². The van der Waals surface area contributed by atoms with Crippen molar-refractivity contribution in [2.24, 2.45) is 0 Å². The van der Waals surface area contributed by atoms with Gasteiger partial charge in [-0.2, -0.15) is 0 Å². The molecule has 2 aromatic carbocycles. The van der Waals surface area contributed by atoms with Crippen LogP contribution in [0.2, 0.25) is 0 Å². The van der Waals surface area contributed by atoms with Crippen LogP contribution in [-0.4, -0.2) is 35.7 Å². The number of esters is 1. The van der Waals surface area contributed by atoms with E-state index < -0.39 is 35.7 Å². The molecule has 2 aromatic rings. The minimum atomic E-state index is -0.726. The molecule has 0 aliphatic carbocycles. The van der Waals surface area contributed by atoms with Crippen molar-refractivity contribution in [2.75, 3.05) is 6.54 Å². The Kier molecular flexibility index (Phi) is 8.20. The molecule has 7 heteroatoms. The Balaban J connectivity index is 1.84. The van der Waals surface area contributed by atoms with E-state index in [0.29, 0.717) is 18.5 Å². The highest BCUT2D eigenvalue weighted by Gasteiger charge is 2.36. The van der Waals surface area contributed by atoms with Crippen molar-refractivity contribution in [2.45, 2.75) is 64.2 Å². The van der Waals surface area contributed by atoms with E-state index in [1.54, 1.807) is 18.7 Å². The maximum atomic E-state index is 14.0. The molecule has 0 spiro atoms. The summed E-state index contributed by atoms with van der Waals surface area (Å²) in [6, 6.07) is 12.1. The van der Waals surface area contributed by atoms with Crippen LogP contribution in [0.5, 0.6) is 0 Å². The van der Waals surface area contributed by atoms with Gasteiger partial charge in [0.15, 0.2) is 0 Å². The quantitative estimate of drug-likeness (QED) is 0.522. The molecule has 0 saturated carbocycles. The van der Waals surface area contributed by atoms with Crippen LogP contribution in [0.25, 0.3) is 0 Å². The molecule has 1 heterocycles. The highest BCUT2D eigenvalue weighted by atomic mass is 19.1. The lowest BCUT2D eigenvalue weighted by atomic mass is 9.83. The Morgan fingerprint density at radius 1 is 1.06 bits per heavy atom. The lowest BCUT2D eigenvalue weighted by molar-refractivity contribution is -0.148. The lowest BCUT2D eigenvalue weighted by Crippen LogP contribution is -2.47. The second kappa shape index (κ2) is 11.1. The summed E-state index contributed by atoms with van der Waals surface area (Å²) in [5, 5.41) is 0. The van der Waals surface area contributed by atoms with Crippen molar-refractivity contribution in [3.8, 4) is 0 Å². The van der Waals surface area contributed by atoms with Gasteiger partial charge in [0.1, 0.15) is 18.2 Å². The number of benzene rings is 2. The zero-order valence-corrected chi connectivity index (χ0v) is 18.4. The van der Waals surface area contributed by atoms with Crippen LogP contribution in [0.1, 0.15) is 56.6 Å². The molecule has 1 saturated heterocycles. The third-order valence-corrected chi connectivity index (χ3v) is 5.52. The van der Waals surface area contributed by atoms with Crippen LogP contribution in [0.15, 0.2) is 48.5 Å². The number of carbonyl (C=O) groups is 2. The van der Waals surface area contributed by atoms with Crippen LogP contribution < -0.4 is 0 Å². The van der Waals surface area contributed by atoms with E-state index in [1.807, 2.05) is 30.3 Å². The van der Waals surface area contributed by atoms with Gasteiger partial charge < -0.3 is 14.4 Å². The fraction of sp³-hybridized carbons (Fsp3) is 0.440. The molecule has 32 heavy (non-hydrogen) atoms. The van der Waals surface area contributed by atoms with Gasteiger partial charge in [-0.05, 0) is 56.4 Å². The number of nitrogens with zero attached hydrogens (tertiary/aromatic N) is 1. The van der Waals surface area contributed by atoms with Gasteiger partial charge in [0, 0.05) is 24.6 Å². The van der Waals surface area contributed by atoms with Crippen molar-refractivity contribution in [3.63, 3.8) is 0 Å². The molecular weight excluding hydrogens is 416 g/mol. The van der Waals surface area contributed by atoms with Gasteiger partial charge in [-0.25, -0.2) is 13.6 Å². The summed E-state index contributed by atoms with van der Waals surface area (Å²) in [5.74, 6) is -2.54. The number of piperidine rings is 1. The Bertz CT molecular complexity index is 899. The number of carbonyl (C=O) groups excluding carboxylic acids is 2. The first kappa shape index (κ1) is 23.7. The fourth-order valence-electron chi connectivity index (χ4n) is 4.16.